The van der Waals surface area contributed by atoms with E-state index in [-0.39, 0.29) is 0 Å². The first-order valence-corrected chi connectivity index (χ1v) is 4.44. The highest BCUT2D eigenvalue weighted by atomic mass is 16.3. The van der Waals surface area contributed by atoms with Gasteiger partial charge in [-0.25, -0.2) is 0 Å². The lowest BCUT2D eigenvalue weighted by molar-refractivity contribution is 0.0322. The Balaban J connectivity index is 3.71. The van der Waals surface area contributed by atoms with Crippen molar-refractivity contribution < 1.29 is 5.11 Å². The summed E-state index contributed by atoms with van der Waals surface area (Å²) in [7, 11) is 3.92. The van der Waals surface area contributed by atoms with Crippen molar-refractivity contribution >= 4 is 0 Å². The Bertz CT molecular complexity index is 122. The van der Waals surface area contributed by atoms with Crippen molar-refractivity contribution in [2.75, 3.05) is 27.2 Å². The largest absolute Gasteiger partial charge is 0.388 e. The summed E-state index contributed by atoms with van der Waals surface area (Å²) in [5, 5.41) is 13.0. The van der Waals surface area contributed by atoms with Crippen molar-refractivity contribution in [3.8, 4) is 0 Å². The molecule has 0 saturated heterocycles. The Morgan fingerprint density at radius 1 is 1.42 bits per heavy atom. The van der Waals surface area contributed by atoms with Gasteiger partial charge in [-0.05, 0) is 21.0 Å². The van der Waals surface area contributed by atoms with Gasteiger partial charge in [-0.2, -0.15) is 0 Å². The van der Waals surface area contributed by atoms with E-state index in [0.29, 0.717) is 19.1 Å². The summed E-state index contributed by atoms with van der Waals surface area (Å²) in [6.45, 7) is 7.33. The van der Waals surface area contributed by atoms with Gasteiger partial charge < -0.3 is 15.3 Å². The van der Waals surface area contributed by atoms with Gasteiger partial charge in [-0.15, -0.1) is 0 Å². The molecule has 0 aliphatic carbocycles. The van der Waals surface area contributed by atoms with Crippen molar-refractivity contribution in [3.05, 3.63) is 0 Å². The molecule has 0 amide bonds. The van der Waals surface area contributed by atoms with Gasteiger partial charge in [-0.3, -0.25) is 0 Å². The van der Waals surface area contributed by atoms with Crippen LogP contribution in [0.4, 0.5) is 0 Å². The molecule has 0 saturated carbocycles. The molecule has 0 aliphatic heterocycles. The minimum absolute atomic E-state index is 0.429. The van der Waals surface area contributed by atoms with E-state index in [4.69, 9.17) is 0 Å². The van der Waals surface area contributed by atoms with Crippen LogP contribution in [-0.2, 0) is 0 Å². The highest BCUT2D eigenvalue weighted by molar-refractivity contribution is 4.78. The van der Waals surface area contributed by atoms with Crippen molar-refractivity contribution in [3.63, 3.8) is 0 Å². The second kappa shape index (κ2) is 4.80. The van der Waals surface area contributed by atoms with Crippen LogP contribution >= 0.6 is 0 Å². The van der Waals surface area contributed by atoms with E-state index in [2.05, 4.69) is 19.2 Å². The zero-order valence-corrected chi connectivity index (χ0v) is 8.89. The summed E-state index contributed by atoms with van der Waals surface area (Å²) in [4.78, 5) is 1.99. The summed E-state index contributed by atoms with van der Waals surface area (Å²) in [6.07, 6.45) is 0. The second-order valence-electron chi connectivity index (χ2n) is 4.27. The van der Waals surface area contributed by atoms with Gasteiger partial charge in [0, 0.05) is 19.1 Å². The predicted octanol–water partition coefficient (Wildman–Crippen LogP) is 0.297. The lowest BCUT2D eigenvalue weighted by atomic mass is 10.1. The van der Waals surface area contributed by atoms with Crippen LogP contribution in [0.3, 0.4) is 0 Å². The van der Waals surface area contributed by atoms with Crippen LogP contribution in [0.2, 0.25) is 0 Å². The number of hydrogen-bond donors (Lipinski definition) is 2. The molecule has 0 aromatic heterocycles. The molecule has 0 aromatic rings. The van der Waals surface area contributed by atoms with E-state index in [0.717, 1.165) is 0 Å². The molecule has 1 atom stereocenters. The van der Waals surface area contributed by atoms with E-state index in [9.17, 15) is 5.11 Å². The van der Waals surface area contributed by atoms with Gasteiger partial charge in [0.05, 0.1) is 5.60 Å². The molecule has 2 N–H and O–H groups in total. The van der Waals surface area contributed by atoms with Crippen LogP contribution in [0.25, 0.3) is 0 Å². The van der Waals surface area contributed by atoms with Crippen molar-refractivity contribution in [1.29, 1.82) is 0 Å². The maximum absolute atomic E-state index is 9.83. The average Bonchev–Trinajstić information content (AvgIpc) is 1.81. The van der Waals surface area contributed by atoms with E-state index >= 15 is 0 Å². The standard InChI is InChI=1S/C9H22N2O/c1-8(2)10-6-9(3,12)7-11(4)5/h8,10,12H,6-7H2,1-5H3. The lowest BCUT2D eigenvalue weighted by Crippen LogP contribution is -2.47. The van der Waals surface area contributed by atoms with Crippen molar-refractivity contribution in [2.24, 2.45) is 0 Å². The SMILES string of the molecule is CC(C)NCC(C)(O)CN(C)C. The van der Waals surface area contributed by atoms with E-state index in [1.54, 1.807) is 0 Å². The molecule has 74 valence electrons. The first-order valence-electron chi connectivity index (χ1n) is 4.44. The second-order valence-corrected chi connectivity index (χ2v) is 4.27. The van der Waals surface area contributed by atoms with Crippen LogP contribution < -0.4 is 5.32 Å². The number of nitrogens with zero attached hydrogens (tertiary/aromatic N) is 1. The number of rotatable bonds is 5. The minimum Gasteiger partial charge on any atom is -0.388 e. The highest BCUT2D eigenvalue weighted by Gasteiger charge is 2.20. The highest BCUT2D eigenvalue weighted by Crippen LogP contribution is 2.02. The van der Waals surface area contributed by atoms with Gasteiger partial charge in [0.25, 0.3) is 0 Å². The van der Waals surface area contributed by atoms with Gasteiger partial charge >= 0.3 is 0 Å². The molecule has 12 heavy (non-hydrogen) atoms. The smallest absolute Gasteiger partial charge is 0.0869 e. The average molecular weight is 174 g/mol. The Labute approximate surface area is 75.8 Å². The summed E-state index contributed by atoms with van der Waals surface area (Å²) in [5.74, 6) is 0. The van der Waals surface area contributed by atoms with Crippen LogP contribution in [0, 0.1) is 0 Å². The quantitative estimate of drug-likeness (QED) is 0.629. The Kier molecular flexibility index (Phi) is 4.75. The molecule has 0 rings (SSSR count). The molecule has 0 spiro atoms. The predicted molar refractivity (Wildman–Crippen MR) is 52.3 cm³/mol. The number of aliphatic hydroxyl groups is 1. The maximum Gasteiger partial charge on any atom is 0.0869 e. The monoisotopic (exact) mass is 174 g/mol. The normalized spacial score (nSPS) is 17.0. The number of likely N-dealkylation sites (N-methyl/N-ethyl adjacent to an activating group) is 1. The third kappa shape index (κ3) is 6.58. The summed E-state index contributed by atoms with van der Waals surface area (Å²) < 4.78 is 0. The van der Waals surface area contributed by atoms with Gasteiger partial charge in [0.1, 0.15) is 0 Å². The van der Waals surface area contributed by atoms with E-state index < -0.39 is 5.60 Å². The zero-order valence-electron chi connectivity index (χ0n) is 8.89. The van der Waals surface area contributed by atoms with Crippen molar-refractivity contribution in [1.82, 2.24) is 10.2 Å². The minimum atomic E-state index is -0.631. The summed E-state index contributed by atoms with van der Waals surface area (Å²) in [5.41, 5.74) is -0.631. The van der Waals surface area contributed by atoms with Gasteiger partial charge in [0.2, 0.25) is 0 Å². The fourth-order valence-electron chi connectivity index (χ4n) is 1.16. The van der Waals surface area contributed by atoms with Gasteiger partial charge in [0.15, 0.2) is 0 Å². The first kappa shape index (κ1) is 11.9. The molecule has 0 aromatic carbocycles. The molecule has 1 unspecified atom stereocenters. The number of hydrogen-bond acceptors (Lipinski definition) is 3. The molecule has 0 radical (unpaired) electrons. The molecule has 0 aliphatic rings. The zero-order chi connectivity index (χ0) is 9.78. The molecule has 3 nitrogen and oxygen atoms in total. The molecule has 3 heteroatoms. The van der Waals surface area contributed by atoms with Crippen LogP contribution in [-0.4, -0.2) is 48.8 Å². The van der Waals surface area contributed by atoms with Gasteiger partial charge in [-0.1, -0.05) is 13.8 Å². The topological polar surface area (TPSA) is 35.5 Å². The third-order valence-corrected chi connectivity index (χ3v) is 1.55. The lowest BCUT2D eigenvalue weighted by Gasteiger charge is -2.28. The molecular weight excluding hydrogens is 152 g/mol. The fraction of sp³-hybridized carbons (Fsp3) is 1.00. The Hall–Kier alpha value is -0.120. The Morgan fingerprint density at radius 2 is 1.92 bits per heavy atom. The van der Waals surface area contributed by atoms with Crippen molar-refractivity contribution in [2.45, 2.75) is 32.4 Å². The fourth-order valence-corrected chi connectivity index (χ4v) is 1.16. The summed E-state index contributed by atoms with van der Waals surface area (Å²) in [6, 6.07) is 0.429. The maximum atomic E-state index is 9.83. The molecular formula is C9H22N2O. The van der Waals surface area contributed by atoms with Crippen LogP contribution in [0.5, 0.6) is 0 Å². The van der Waals surface area contributed by atoms with Crippen LogP contribution in [0.1, 0.15) is 20.8 Å². The molecule has 0 heterocycles. The Morgan fingerprint density at radius 3 is 2.25 bits per heavy atom. The van der Waals surface area contributed by atoms with E-state index in [1.165, 1.54) is 0 Å². The first-order chi connectivity index (χ1) is 5.33. The molecule has 0 bridgehead atoms. The molecule has 0 fully saturated rings. The van der Waals surface area contributed by atoms with Crippen LogP contribution in [0.15, 0.2) is 0 Å². The number of nitrogens with one attached hydrogen (secondary N) is 1. The van der Waals surface area contributed by atoms with E-state index in [1.807, 2.05) is 25.9 Å². The summed E-state index contributed by atoms with van der Waals surface area (Å²) >= 11 is 0. The third-order valence-electron chi connectivity index (χ3n) is 1.55.